The van der Waals surface area contributed by atoms with Crippen LogP contribution in [0.1, 0.15) is 29.3 Å². The van der Waals surface area contributed by atoms with Crippen molar-refractivity contribution in [3.05, 3.63) is 143 Å². The van der Waals surface area contributed by atoms with Gasteiger partial charge in [0.05, 0.1) is 39.6 Å². The molecule has 2 aromatic heterocycles. The zero-order valence-corrected chi connectivity index (χ0v) is 32.2. The van der Waals surface area contributed by atoms with Crippen molar-refractivity contribution < 1.29 is 43.1 Å². The molecule has 7 rings (SSSR count). The molecule has 16 heteroatoms. The van der Waals surface area contributed by atoms with Crippen LogP contribution in [0.3, 0.4) is 0 Å². The number of carbonyl (C=O) groups excluding carboxylic acids is 1. The molecule has 1 aliphatic heterocycles. The van der Waals surface area contributed by atoms with Gasteiger partial charge in [-0.3, -0.25) is 19.1 Å². The maximum Gasteiger partial charge on any atom is 0.280 e. The van der Waals surface area contributed by atoms with Crippen LogP contribution in [0, 0.1) is 11.3 Å². The van der Waals surface area contributed by atoms with Gasteiger partial charge in [-0.15, -0.1) is 0 Å². The highest BCUT2D eigenvalue weighted by atomic mass is 16.7. The topological polar surface area (TPSA) is 215 Å². The summed E-state index contributed by atoms with van der Waals surface area (Å²) in [6.07, 6.45) is -5.72. The molecule has 6 aromatic rings. The highest BCUT2D eigenvalue weighted by molar-refractivity contribution is 5.85. The van der Waals surface area contributed by atoms with Crippen LogP contribution in [-0.4, -0.2) is 89.1 Å². The summed E-state index contributed by atoms with van der Waals surface area (Å²) in [5, 5.41) is 21.4. The largest absolute Gasteiger partial charge is 0.497 e. The van der Waals surface area contributed by atoms with E-state index in [2.05, 4.69) is 15.0 Å². The molecule has 0 amide bonds. The number of methoxy groups -OCH3 is 2. The number of hydrogen-bond donors (Lipinski definition) is 3. The van der Waals surface area contributed by atoms with Crippen molar-refractivity contribution in [2.45, 2.75) is 42.7 Å². The number of aliphatic hydroxyl groups is 1. The summed E-state index contributed by atoms with van der Waals surface area (Å²) in [6.45, 7) is -0.784. The van der Waals surface area contributed by atoms with Gasteiger partial charge in [-0.25, -0.2) is 4.98 Å². The zero-order chi connectivity index (χ0) is 41.4. The molecule has 16 nitrogen and oxygen atoms in total. The number of rotatable bonds is 18. The number of Topliss-reactive ketones (excluding diaryl/α,β-unsaturated/α-hetero) is 1. The first-order chi connectivity index (χ1) is 28.8. The first-order valence-electron chi connectivity index (χ1n) is 18.6. The van der Waals surface area contributed by atoms with Crippen molar-refractivity contribution in [2.75, 3.05) is 40.0 Å². The molecule has 5 atom stereocenters. The van der Waals surface area contributed by atoms with Crippen molar-refractivity contribution in [3.8, 4) is 23.3 Å². The van der Waals surface area contributed by atoms with Gasteiger partial charge in [0.1, 0.15) is 54.6 Å². The molecular formula is C43H42N6O10. The Bertz CT molecular complexity index is 2370. The van der Waals surface area contributed by atoms with E-state index < -0.39 is 54.2 Å². The summed E-state index contributed by atoms with van der Waals surface area (Å²) < 4.78 is 44.0. The number of aliphatic hydroxyl groups excluding tert-OH is 1. The lowest BCUT2D eigenvalue weighted by molar-refractivity contribution is -0.167. The number of nitriles is 1. The van der Waals surface area contributed by atoms with E-state index in [4.69, 9.17) is 44.2 Å². The van der Waals surface area contributed by atoms with Crippen LogP contribution in [0.2, 0.25) is 0 Å². The summed E-state index contributed by atoms with van der Waals surface area (Å²) in [6, 6.07) is 34.6. The molecule has 4 aromatic carbocycles. The number of ketones is 1. The van der Waals surface area contributed by atoms with Crippen LogP contribution in [0.4, 0.5) is 5.95 Å². The molecule has 0 spiro atoms. The second-order valence-electron chi connectivity index (χ2n) is 13.4. The molecule has 0 saturated carbocycles. The van der Waals surface area contributed by atoms with Gasteiger partial charge in [-0.05, 0) is 53.1 Å². The van der Waals surface area contributed by atoms with Crippen LogP contribution >= 0.6 is 0 Å². The number of benzene rings is 4. The monoisotopic (exact) mass is 802 g/mol. The SMILES string of the molecule is COc1ccc(C(OC(C(=O)COc2ccccc2)[C@H]2O[C@@H](n3cnc4c(=O)[nH]c(N)nc43)[C@H](OCOCCC#N)[C@@H]2O)(c2ccccc2)c2ccc(OC)cc2)cc1. The van der Waals surface area contributed by atoms with Gasteiger partial charge in [0.15, 0.2) is 23.5 Å². The van der Waals surface area contributed by atoms with Crippen molar-refractivity contribution >= 4 is 22.9 Å². The fourth-order valence-corrected chi connectivity index (χ4v) is 7.05. The van der Waals surface area contributed by atoms with Gasteiger partial charge < -0.3 is 44.0 Å². The molecule has 4 N–H and O–H groups in total. The molecular weight excluding hydrogens is 761 g/mol. The lowest BCUT2D eigenvalue weighted by Crippen LogP contribution is -2.51. The van der Waals surface area contributed by atoms with E-state index in [-0.39, 0.29) is 36.9 Å². The lowest BCUT2D eigenvalue weighted by Gasteiger charge is -2.40. The van der Waals surface area contributed by atoms with Gasteiger partial charge >= 0.3 is 0 Å². The molecule has 0 aliphatic carbocycles. The van der Waals surface area contributed by atoms with Gasteiger partial charge in [-0.1, -0.05) is 72.8 Å². The third-order valence-corrected chi connectivity index (χ3v) is 9.89. The summed E-state index contributed by atoms with van der Waals surface area (Å²) in [5.41, 5.74) is 5.64. The smallest absolute Gasteiger partial charge is 0.280 e. The highest BCUT2D eigenvalue weighted by Crippen LogP contribution is 2.45. The van der Waals surface area contributed by atoms with Gasteiger partial charge in [0.2, 0.25) is 11.7 Å². The Balaban J connectivity index is 1.38. The molecule has 1 fully saturated rings. The minimum absolute atomic E-state index is 0.0365. The second kappa shape index (κ2) is 18.3. The Morgan fingerprint density at radius 2 is 1.54 bits per heavy atom. The summed E-state index contributed by atoms with van der Waals surface area (Å²) in [7, 11) is 3.12. The Morgan fingerprint density at radius 3 is 2.15 bits per heavy atom. The van der Waals surface area contributed by atoms with Gasteiger partial charge in [0.25, 0.3) is 5.56 Å². The number of hydrogen-bond acceptors (Lipinski definition) is 14. The maximum absolute atomic E-state index is 14.9. The third-order valence-electron chi connectivity index (χ3n) is 9.89. The lowest BCUT2D eigenvalue weighted by atomic mass is 9.79. The first-order valence-corrected chi connectivity index (χ1v) is 18.6. The predicted molar refractivity (Wildman–Crippen MR) is 213 cm³/mol. The third kappa shape index (κ3) is 8.51. The fourth-order valence-electron chi connectivity index (χ4n) is 7.05. The number of ether oxygens (including phenoxy) is 7. The van der Waals surface area contributed by atoms with Gasteiger partial charge in [0, 0.05) is 0 Å². The highest BCUT2D eigenvalue weighted by Gasteiger charge is 2.54. The minimum atomic E-state index is -1.58. The Hall–Kier alpha value is -6.61. The van der Waals surface area contributed by atoms with Crippen LogP contribution in [-0.2, 0) is 29.3 Å². The van der Waals surface area contributed by atoms with E-state index in [0.29, 0.717) is 33.9 Å². The van der Waals surface area contributed by atoms with Crippen LogP contribution in [0.5, 0.6) is 17.2 Å². The zero-order valence-electron chi connectivity index (χ0n) is 32.2. The molecule has 1 saturated heterocycles. The van der Waals surface area contributed by atoms with Crippen LogP contribution < -0.4 is 25.5 Å². The molecule has 1 unspecified atom stereocenters. The number of anilines is 1. The summed E-state index contributed by atoms with van der Waals surface area (Å²) >= 11 is 0. The molecule has 3 heterocycles. The predicted octanol–water partition coefficient (Wildman–Crippen LogP) is 4.28. The second-order valence-corrected chi connectivity index (χ2v) is 13.4. The average molecular weight is 803 g/mol. The van der Waals surface area contributed by atoms with Crippen LogP contribution in [0.25, 0.3) is 11.2 Å². The molecule has 0 bridgehead atoms. The number of imidazole rings is 1. The summed E-state index contributed by atoms with van der Waals surface area (Å²) in [5.74, 6) is 0.838. The van der Waals surface area contributed by atoms with E-state index in [9.17, 15) is 14.7 Å². The molecule has 304 valence electrons. The number of nitrogens with zero attached hydrogens (tertiary/aromatic N) is 4. The fraction of sp³-hybridized carbons (Fsp3) is 0.279. The number of nitrogen functional groups attached to an aromatic ring is 1. The molecule has 0 radical (unpaired) electrons. The van der Waals surface area contributed by atoms with E-state index in [0.717, 1.165) is 0 Å². The van der Waals surface area contributed by atoms with Crippen LogP contribution in [0.15, 0.2) is 120 Å². The number of H-pyrrole nitrogens is 1. The first kappa shape index (κ1) is 40.6. The van der Waals surface area contributed by atoms with Crippen molar-refractivity contribution in [1.82, 2.24) is 19.5 Å². The standard InChI is InChI=1S/C43H42N6O10/c1-53-30-18-14-28(15-19-30)43(27-10-5-3-6-11-27,29-16-20-31(54-2)21-17-29)59-36(33(50)24-56-32-12-7-4-8-13-32)37-35(51)38(57-26-55-23-9-22-44)41(58-37)49-25-46-34-39(49)47-42(45)48-40(34)52/h3-8,10-21,25,35-38,41,51H,9,23-24,26H2,1-2H3,(H3,45,47,48,52)/t35-,36?,37+,38-,41-/m1/s1. The number of para-hydroxylation sites is 1. The number of carbonyl (C=O) groups is 1. The normalized spacial score (nSPS) is 18.3. The van der Waals surface area contributed by atoms with E-state index in [1.54, 1.807) is 62.8 Å². The number of fused-ring (bicyclic) bond motifs is 1. The van der Waals surface area contributed by atoms with Crippen molar-refractivity contribution in [2.24, 2.45) is 0 Å². The van der Waals surface area contributed by atoms with E-state index in [1.807, 2.05) is 66.7 Å². The Kier molecular flexibility index (Phi) is 12.6. The van der Waals surface area contributed by atoms with Crippen molar-refractivity contribution in [1.29, 1.82) is 5.26 Å². The maximum atomic E-state index is 14.9. The number of nitrogens with two attached hydrogens (primary N) is 1. The minimum Gasteiger partial charge on any atom is -0.497 e. The van der Waals surface area contributed by atoms with Crippen molar-refractivity contribution in [3.63, 3.8) is 0 Å². The number of aromatic nitrogens is 4. The molecule has 59 heavy (non-hydrogen) atoms. The quantitative estimate of drug-likeness (QED) is 0.0629. The Labute approximate surface area is 338 Å². The summed E-state index contributed by atoms with van der Waals surface area (Å²) in [4.78, 5) is 38.7. The van der Waals surface area contributed by atoms with Gasteiger partial charge in [-0.2, -0.15) is 10.2 Å². The number of aromatic amines is 1. The molecule has 1 aliphatic rings. The van der Waals surface area contributed by atoms with E-state index >= 15 is 0 Å². The number of nitrogens with one attached hydrogen (secondary N) is 1. The average Bonchev–Trinajstić information content (AvgIpc) is 3.84. The van der Waals surface area contributed by atoms with E-state index in [1.165, 1.54) is 10.9 Å². The Morgan fingerprint density at radius 1 is 0.932 bits per heavy atom.